The Morgan fingerprint density at radius 2 is 0.830 bits per heavy atom. The molecule has 0 radical (unpaired) electrons. The number of hydrogen-bond acceptors (Lipinski definition) is 3. The highest BCUT2D eigenvalue weighted by Crippen LogP contribution is 2.38. The molecule has 3 nitrogen and oxygen atoms in total. The summed E-state index contributed by atoms with van der Waals surface area (Å²) in [7, 11) is 1.69. The lowest BCUT2D eigenvalue weighted by atomic mass is 9.96. The molecule has 6 rings (SSSR count). The van der Waals surface area contributed by atoms with Crippen LogP contribution in [0.2, 0.25) is 0 Å². The number of anilines is 3. The average Bonchev–Trinajstić information content (AvgIpc) is 3.12. The first-order chi connectivity index (χ1) is 22.1. The number of hydrogen-bond donors (Lipinski definition) is 1. The Hall–Kier alpha value is -5.12. The summed E-state index contributed by atoms with van der Waals surface area (Å²) in [4.78, 5) is 2.30. The van der Waals surface area contributed by atoms with E-state index in [0.29, 0.717) is 5.92 Å². The molecule has 6 aromatic rings. The van der Waals surface area contributed by atoms with Crippen LogP contribution >= 0.6 is 0 Å². The van der Waals surface area contributed by atoms with E-state index in [4.69, 9.17) is 4.74 Å². The Morgan fingerprint density at radius 1 is 0.511 bits per heavy atom. The molecule has 0 saturated heterocycles. The van der Waals surface area contributed by atoms with Crippen LogP contribution in [0.1, 0.15) is 52.2 Å². The van der Waals surface area contributed by atoms with Crippen molar-refractivity contribution in [1.29, 1.82) is 0 Å². The molecular weight excluding hydrogens is 574 g/mol. The summed E-state index contributed by atoms with van der Waals surface area (Å²) >= 11 is 0. The summed E-state index contributed by atoms with van der Waals surface area (Å²) in [5.41, 5.74) is 12.5. The topological polar surface area (TPSA) is 32.7 Å². The number of aliphatic hydroxyl groups is 1. The molecule has 0 fully saturated rings. The zero-order chi connectivity index (χ0) is 31.2. The fraction of sp³-hybridized carbons (Fsp3) is 0.182. The number of methoxy groups -OCH3 is 1. The molecule has 0 saturated carbocycles. The molecule has 1 N–H and O–H groups in total. The van der Waals surface area contributed by atoms with Gasteiger partial charge in [0.05, 0.1) is 13.7 Å². The molecule has 0 aromatic heterocycles. The van der Waals surface area contributed by atoms with Crippen LogP contribution in [0.4, 0.5) is 17.1 Å². The van der Waals surface area contributed by atoms with Gasteiger partial charge in [-0.1, -0.05) is 126 Å². The molecule has 0 aliphatic heterocycles. The summed E-state index contributed by atoms with van der Waals surface area (Å²) in [5, 5.41) is 9.43. The van der Waals surface area contributed by atoms with Crippen molar-refractivity contribution in [2.24, 2.45) is 0 Å². The van der Waals surface area contributed by atoms with Crippen LogP contribution in [-0.4, -0.2) is 12.2 Å². The van der Waals surface area contributed by atoms with Gasteiger partial charge in [0, 0.05) is 17.1 Å². The molecule has 0 aliphatic carbocycles. The lowest BCUT2D eigenvalue weighted by Gasteiger charge is -2.26. The van der Waals surface area contributed by atoms with Crippen molar-refractivity contribution in [1.82, 2.24) is 0 Å². The van der Waals surface area contributed by atoms with Gasteiger partial charge >= 0.3 is 0 Å². The Bertz CT molecular complexity index is 1720. The summed E-state index contributed by atoms with van der Waals surface area (Å²) in [6, 6.07) is 51.4. The van der Waals surface area contributed by atoms with Gasteiger partial charge in [0.2, 0.25) is 0 Å². The highest BCUT2D eigenvalue weighted by molar-refractivity contribution is 5.81. The third-order valence-corrected chi connectivity index (χ3v) is 8.70. The second-order valence-electron chi connectivity index (χ2n) is 11.5. The van der Waals surface area contributed by atoms with E-state index in [-0.39, 0.29) is 21.5 Å². The van der Waals surface area contributed by atoms with Gasteiger partial charge in [-0.15, -0.1) is 0 Å². The van der Waals surface area contributed by atoms with E-state index in [0.717, 1.165) is 57.0 Å². The van der Waals surface area contributed by atoms with Gasteiger partial charge in [-0.25, -0.2) is 0 Å². The van der Waals surface area contributed by atoms with E-state index in [9.17, 15) is 5.11 Å². The van der Waals surface area contributed by atoms with Gasteiger partial charge in [-0.2, -0.15) is 0 Å². The molecule has 1 unspecified atom stereocenters. The van der Waals surface area contributed by atoms with Gasteiger partial charge in [-0.05, 0) is 105 Å². The Morgan fingerprint density at radius 3 is 1.15 bits per heavy atom. The molecule has 0 amide bonds. The number of rotatable bonds is 10. The third-order valence-electron chi connectivity index (χ3n) is 8.70. The lowest BCUT2D eigenvalue weighted by Crippen LogP contribution is -2.09. The minimum absolute atomic E-state index is 0. The smallest absolute Gasteiger partial charge is 0.118 e. The summed E-state index contributed by atoms with van der Waals surface area (Å²) in [6.45, 7) is 4.56. The van der Waals surface area contributed by atoms with Gasteiger partial charge in [0.15, 0.2) is 0 Å². The fourth-order valence-corrected chi connectivity index (χ4v) is 5.68. The van der Waals surface area contributed by atoms with Crippen molar-refractivity contribution in [3.63, 3.8) is 0 Å². The van der Waals surface area contributed by atoms with Gasteiger partial charge < -0.3 is 14.7 Å². The second-order valence-corrected chi connectivity index (χ2v) is 11.5. The van der Waals surface area contributed by atoms with E-state index in [1.54, 1.807) is 7.11 Å². The predicted octanol–water partition coefficient (Wildman–Crippen LogP) is 12.4. The molecule has 240 valence electrons. The van der Waals surface area contributed by atoms with E-state index in [1.807, 2.05) is 24.3 Å². The van der Waals surface area contributed by atoms with E-state index in [2.05, 4.69) is 140 Å². The maximum atomic E-state index is 9.43. The minimum Gasteiger partial charge on any atom is -0.497 e. The Labute approximate surface area is 281 Å². The third kappa shape index (κ3) is 7.82. The molecule has 6 aromatic carbocycles. The van der Waals surface area contributed by atoms with Crippen molar-refractivity contribution in [3.8, 4) is 39.1 Å². The minimum atomic E-state index is 0. The zero-order valence-corrected chi connectivity index (χ0v) is 26.2. The Balaban J connectivity index is 0.00000250. The van der Waals surface area contributed by atoms with Crippen LogP contribution in [0, 0.1) is 0 Å². The van der Waals surface area contributed by atoms with E-state index in [1.165, 1.54) is 16.7 Å². The summed E-state index contributed by atoms with van der Waals surface area (Å²) < 4.78 is 5.34. The first kappa shape index (κ1) is 34.7. The molecule has 3 heteroatoms. The van der Waals surface area contributed by atoms with E-state index >= 15 is 0 Å². The molecule has 47 heavy (non-hydrogen) atoms. The van der Waals surface area contributed by atoms with Crippen molar-refractivity contribution in [3.05, 3.63) is 157 Å². The number of benzene rings is 6. The fourth-order valence-electron chi connectivity index (χ4n) is 5.68. The van der Waals surface area contributed by atoms with Gasteiger partial charge in [0.25, 0.3) is 0 Å². The maximum absolute atomic E-state index is 9.43. The zero-order valence-electron chi connectivity index (χ0n) is 26.2. The maximum Gasteiger partial charge on any atom is 0.118 e. The largest absolute Gasteiger partial charge is 0.497 e. The molecular formula is C44H47NO2. The average molecular weight is 622 g/mol. The number of nitrogens with zero attached hydrogens (tertiary/aromatic N) is 1. The number of aliphatic hydroxyl groups excluding tert-OH is 1. The highest BCUT2D eigenvalue weighted by atomic mass is 16.5. The SMILES string of the molecule is C.C.CCC(C)c1ccc(-c2ccc(N(c3ccc(-c4ccc(CO)cc4)cc3)c3ccc(-c4ccc(OC)cc4)cc3)cc2)cc1. The first-order valence-electron chi connectivity index (χ1n) is 15.6. The lowest BCUT2D eigenvalue weighted by molar-refractivity contribution is 0.282. The van der Waals surface area contributed by atoms with Crippen LogP contribution in [0.15, 0.2) is 146 Å². The molecule has 0 spiro atoms. The standard InChI is InChI=1S/C42H39NO2.2CH4/c1-4-30(2)32-9-11-34(12-10-32)36-15-23-40(24-16-36)43(39-21-13-35(14-22-39)33-7-5-31(29-44)6-8-33)41-25-17-37(18-26-41)38-19-27-42(45-3)28-20-38;;/h5-28,30,44H,4,29H2,1-3H3;2*1H4. The van der Waals surface area contributed by atoms with Crippen LogP contribution < -0.4 is 9.64 Å². The van der Waals surface area contributed by atoms with Gasteiger partial charge in [-0.3, -0.25) is 0 Å². The van der Waals surface area contributed by atoms with Crippen LogP contribution in [0.5, 0.6) is 5.75 Å². The molecule has 0 aliphatic rings. The monoisotopic (exact) mass is 621 g/mol. The van der Waals surface area contributed by atoms with Crippen molar-refractivity contribution >= 4 is 17.1 Å². The summed E-state index contributed by atoms with van der Waals surface area (Å²) in [6.07, 6.45) is 1.14. The van der Waals surface area contributed by atoms with Crippen LogP contribution in [0.25, 0.3) is 33.4 Å². The predicted molar refractivity (Wildman–Crippen MR) is 202 cm³/mol. The van der Waals surface area contributed by atoms with Crippen molar-refractivity contribution in [2.75, 3.05) is 12.0 Å². The highest BCUT2D eigenvalue weighted by Gasteiger charge is 2.14. The van der Waals surface area contributed by atoms with Crippen molar-refractivity contribution in [2.45, 2.75) is 47.6 Å². The first-order valence-corrected chi connectivity index (χ1v) is 15.6. The molecule has 1 atom stereocenters. The van der Waals surface area contributed by atoms with E-state index < -0.39 is 0 Å². The molecule has 0 bridgehead atoms. The second kappa shape index (κ2) is 15.9. The van der Waals surface area contributed by atoms with Crippen molar-refractivity contribution < 1.29 is 9.84 Å². The molecule has 0 heterocycles. The van der Waals surface area contributed by atoms with Crippen LogP contribution in [-0.2, 0) is 6.61 Å². The normalized spacial score (nSPS) is 11.1. The Kier molecular flexibility index (Phi) is 11.8. The van der Waals surface area contributed by atoms with Crippen LogP contribution in [0.3, 0.4) is 0 Å². The quantitative estimate of drug-likeness (QED) is 0.165. The van der Waals surface area contributed by atoms with Gasteiger partial charge in [0.1, 0.15) is 5.75 Å². The summed E-state index contributed by atoms with van der Waals surface area (Å²) in [5.74, 6) is 1.42. The number of ether oxygens (including phenoxy) is 1.